The number of para-hydroxylation sites is 2. The molecule has 4 rings (SSSR count). The van der Waals surface area contributed by atoms with E-state index >= 15 is 0 Å². The van der Waals surface area contributed by atoms with E-state index in [9.17, 15) is 4.79 Å². The summed E-state index contributed by atoms with van der Waals surface area (Å²) >= 11 is 0. The van der Waals surface area contributed by atoms with Gasteiger partial charge in [-0.1, -0.05) is 49.4 Å². The molecule has 1 aliphatic carbocycles. The molecule has 23 heavy (non-hydrogen) atoms. The molecule has 0 fully saturated rings. The second kappa shape index (κ2) is 5.58. The van der Waals surface area contributed by atoms with Gasteiger partial charge in [0, 0.05) is 17.7 Å². The SMILES string of the molecule is CC1CC(=O)C2=C(C1)Nc1ccccc1NC2c1ccccc1. The Labute approximate surface area is 136 Å². The number of allylic oxidation sites excluding steroid dienone is 1. The second-order valence-electron chi connectivity index (χ2n) is 6.49. The van der Waals surface area contributed by atoms with Crippen molar-refractivity contribution in [2.75, 3.05) is 10.6 Å². The van der Waals surface area contributed by atoms with Gasteiger partial charge in [0.25, 0.3) is 0 Å². The summed E-state index contributed by atoms with van der Waals surface area (Å²) in [4.78, 5) is 12.8. The van der Waals surface area contributed by atoms with Crippen molar-refractivity contribution >= 4 is 17.2 Å². The van der Waals surface area contributed by atoms with E-state index in [1.807, 2.05) is 30.3 Å². The Kier molecular flexibility index (Phi) is 3.41. The van der Waals surface area contributed by atoms with E-state index in [2.05, 4.69) is 41.8 Å². The van der Waals surface area contributed by atoms with Crippen LogP contribution in [-0.4, -0.2) is 5.78 Å². The van der Waals surface area contributed by atoms with E-state index in [1.54, 1.807) is 0 Å². The Bertz CT molecular complexity index is 779. The van der Waals surface area contributed by atoms with Crippen LogP contribution in [0.2, 0.25) is 0 Å². The molecule has 0 saturated carbocycles. The van der Waals surface area contributed by atoms with Gasteiger partial charge in [-0.25, -0.2) is 0 Å². The number of fused-ring (bicyclic) bond motifs is 1. The van der Waals surface area contributed by atoms with Crippen molar-refractivity contribution < 1.29 is 4.79 Å². The molecule has 0 saturated heterocycles. The Morgan fingerprint density at radius 2 is 1.61 bits per heavy atom. The summed E-state index contributed by atoms with van der Waals surface area (Å²) in [6.07, 6.45) is 1.54. The zero-order chi connectivity index (χ0) is 15.8. The highest BCUT2D eigenvalue weighted by atomic mass is 16.1. The quantitative estimate of drug-likeness (QED) is 0.814. The number of ketones is 1. The molecule has 0 radical (unpaired) electrons. The van der Waals surface area contributed by atoms with Crippen molar-refractivity contribution in [3.63, 3.8) is 0 Å². The van der Waals surface area contributed by atoms with Gasteiger partial charge in [0.1, 0.15) is 0 Å². The molecule has 0 bridgehead atoms. The monoisotopic (exact) mass is 304 g/mol. The van der Waals surface area contributed by atoms with Crippen molar-refractivity contribution in [2.45, 2.75) is 25.8 Å². The van der Waals surface area contributed by atoms with Crippen LogP contribution in [0.15, 0.2) is 65.9 Å². The molecule has 2 aliphatic rings. The van der Waals surface area contributed by atoms with Crippen LogP contribution in [0.3, 0.4) is 0 Å². The summed E-state index contributed by atoms with van der Waals surface area (Å²) in [6, 6.07) is 18.3. The Morgan fingerprint density at radius 1 is 0.913 bits per heavy atom. The highest BCUT2D eigenvalue weighted by Crippen LogP contribution is 2.41. The molecular formula is C20H20N2O. The lowest BCUT2D eigenvalue weighted by Crippen LogP contribution is -2.26. The standard InChI is InChI=1S/C20H20N2O/c1-13-11-17-19(18(23)12-13)20(14-7-3-2-4-8-14)22-16-10-6-5-9-15(16)21-17/h2-10,13,20-22H,11-12H2,1H3. The topological polar surface area (TPSA) is 41.1 Å². The smallest absolute Gasteiger partial charge is 0.163 e. The molecule has 0 aromatic heterocycles. The van der Waals surface area contributed by atoms with Gasteiger partial charge in [-0.05, 0) is 30.0 Å². The third kappa shape index (κ3) is 2.52. The van der Waals surface area contributed by atoms with Gasteiger partial charge in [0.15, 0.2) is 5.78 Å². The van der Waals surface area contributed by atoms with E-state index in [1.165, 1.54) is 0 Å². The average molecular weight is 304 g/mol. The zero-order valence-electron chi connectivity index (χ0n) is 13.2. The maximum atomic E-state index is 12.8. The van der Waals surface area contributed by atoms with E-state index in [-0.39, 0.29) is 11.8 Å². The normalized spacial score (nSPS) is 23.3. The summed E-state index contributed by atoms with van der Waals surface area (Å²) in [5.41, 5.74) is 5.17. The molecule has 3 heteroatoms. The van der Waals surface area contributed by atoms with Crippen LogP contribution >= 0.6 is 0 Å². The average Bonchev–Trinajstić information content (AvgIpc) is 2.72. The fourth-order valence-corrected chi connectivity index (χ4v) is 3.58. The van der Waals surface area contributed by atoms with Gasteiger partial charge in [0.05, 0.1) is 17.4 Å². The van der Waals surface area contributed by atoms with Crippen LogP contribution in [0.25, 0.3) is 0 Å². The number of rotatable bonds is 1. The molecule has 0 spiro atoms. The molecule has 1 heterocycles. The Hall–Kier alpha value is -2.55. The fourth-order valence-electron chi connectivity index (χ4n) is 3.58. The number of benzene rings is 2. The number of hydrogen-bond acceptors (Lipinski definition) is 3. The Morgan fingerprint density at radius 3 is 2.39 bits per heavy atom. The van der Waals surface area contributed by atoms with Crippen LogP contribution in [0.5, 0.6) is 0 Å². The van der Waals surface area contributed by atoms with Crippen molar-refractivity contribution in [1.82, 2.24) is 0 Å². The lowest BCUT2D eigenvalue weighted by Gasteiger charge is -2.28. The van der Waals surface area contributed by atoms with E-state index in [4.69, 9.17) is 0 Å². The van der Waals surface area contributed by atoms with Gasteiger partial charge < -0.3 is 10.6 Å². The van der Waals surface area contributed by atoms with Crippen LogP contribution in [-0.2, 0) is 4.79 Å². The first-order valence-corrected chi connectivity index (χ1v) is 8.16. The van der Waals surface area contributed by atoms with Gasteiger partial charge >= 0.3 is 0 Å². The van der Waals surface area contributed by atoms with Crippen LogP contribution < -0.4 is 10.6 Å². The molecule has 2 unspecified atom stereocenters. The molecule has 2 atom stereocenters. The van der Waals surface area contributed by atoms with E-state index < -0.39 is 0 Å². The summed E-state index contributed by atoms with van der Waals surface area (Å²) in [5.74, 6) is 0.635. The predicted octanol–water partition coefficient (Wildman–Crippen LogP) is 4.52. The number of Topliss-reactive ketones (excluding diaryl/α,β-unsaturated/α-hetero) is 1. The van der Waals surface area contributed by atoms with Gasteiger partial charge in [-0.3, -0.25) is 4.79 Å². The van der Waals surface area contributed by atoms with Crippen molar-refractivity contribution in [3.8, 4) is 0 Å². The number of carbonyl (C=O) groups is 1. The Balaban J connectivity index is 1.88. The van der Waals surface area contributed by atoms with Crippen molar-refractivity contribution in [3.05, 3.63) is 71.4 Å². The highest BCUT2D eigenvalue weighted by molar-refractivity contribution is 6.00. The maximum Gasteiger partial charge on any atom is 0.163 e. The van der Waals surface area contributed by atoms with Gasteiger partial charge in [0.2, 0.25) is 0 Å². The maximum absolute atomic E-state index is 12.8. The van der Waals surface area contributed by atoms with Crippen molar-refractivity contribution in [1.29, 1.82) is 0 Å². The summed E-state index contributed by atoms with van der Waals surface area (Å²) in [7, 11) is 0. The first kappa shape index (κ1) is 14.1. The fraction of sp³-hybridized carbons (Fsp3) is 0.250. The lowest BCUT2D eigenvalue weighted by molar-refractivity contribution is -0.117. The van der Waals surface area contributed by atoms with Gasteiger partial charge in [-0.2, -0.15) is 0 Å². The molecule has 3 nitrogen and oxygen atoms in total. The minimum Gasteiger partial charge on any atom is -0.372 e. The molecule has 2 aromatic carbocycles. The predicted molar refractivity (Wildman–Crippen MR) is 93.3 cm³/mol. The number of carbonyl (C=O) groups excluding carboxylic acids is 1. The van der Waals surface area contributed by atoms with Crippen LogP contribution in [0, 0.1) is 5.92 Å². The molecule has 116 valence electrons. The minimum atomic E-state index is -0.0950. The largest absolute Gasteiger partial charge is 0.372 e. The zero-order valence-corrected chi connectivity index (χ0v) is 13.2. The van der Waals surface area contributed by atoms with E-state index in [0.29, 0.717) is 12.3 Å². The number of anilines is 2. The third-order valence-corrected chi connectivity index (χ3v) is 4.65. The summed E-state index contributed by atoms with van der Waals surface area (Å²) in [6.45, 7) is 2.14. The van der Waals surface area contributed by atoms with Crippen molar-refractivity contribution in [2.24, 2.45) is 5.92 Å². The minimum absolute atomic E-state index is 0.0950. The molecule has 2 aromatic rings. The molecule has 0 amide bonds. The highest BCUT2D eigenvalue weighted by Gasteiger charge is 2.33. The molecule has 1 aliphatic heterocycles. The molecular weight excluding hydrogens is 284 g/mol. The van der Waals surface area contributed by atoms with Crippen LogP contribution in [0.1, 0.15) is 31.4 Å². The third-order valence-electron chi connectivity index (χ3n) is 4.65. The number of hydrogen-bond donors (Lipinski definition) is 2. The van der Waals surface area contributed by atoms with Gasteiger partial charge in [-0.15, -0.1) is 0 Å². The van der Waals surface area contributed by atoms with E-state index in [0.717, 1.165) is 34.6 Å². The number of nitrogens with one attached hydrogen (secondary N) is 2. The first-order chi connectivity index (χ1) is 11.2. The second-order valence-corrected chi connectivity index (χ2v) is 6.49. The van der Waals surface area contributed by atoms with Crippen LogP contribution in [0.4, 0.5) is 11.4 Å². The molecule has 2 N–H and O–H groups in total. The summed E-state index contributed by atoms with van der Waals surface area (Å²) in [5, 5.41) is 7.10. The summed E-state index contributed by atoms with van der Waals surface area (Å²) < 4.78 is 0. The first-order valence-electron chi connectivity index (χ1n) is 8.16. The lowest BCUT2D eigenvalue weighted by atomic mass is 9.82.